The van der Waals surface area contributed by atoms with Crippen LogP contribution < -0.4 is 0 Å². The normalized spacial score (nSPS) is 10.3. The van der Waals surface area contributed by atoms with E-state index in [1.165, 1.54) is 0 Å². The van der Waals surface area contributed by atoms with Crippen molar-refractivity contribution in [2.75, 3.05) is 0 Å². The maximum absolute atomic E-state index is 12.5. The first kappa shape index (κ1) is 8.68. The van der Waals surface area contributed by atoms with Crippen LogP contribution in [0, 0.1) is 23.5 Å². The zero-order valence-corrected chi connectivity index (χ0v) is 6.40. The average Bonchev–Trinajstić information content (AvgIpc) is 1.97. The van der Waals surface area contributed by atoms with Gasteiger partial charge in [0.15, 0.2) is 17.5 Å². The quantitative estimate of drug-likeness (QED) is 0.445. The van der Waals surface area contributed by atoms with Gasteiger partial charge >= 0.3 is 0 Å². The summed E-state index contributed by atoms with van der Waals surface area (Å²) in [6, 6.07) is 1.61. The summed E-state index contributed by atoms with van der Waals surface area (Å²) in [6.45, 7) is 0. The van der Waals surface area contributed by atoms with Crippen LogP contribution in [0.15, 0.2) is 0 Å². The van der Waals surface area contributed by atoms with Crippen molar-refractivity contribution in [1.82, 2.24) is 0 Å². The fourth-order valence-electron chi connectivity index (χ4n) is 0.495. The lowest BCUT2D eigenvalue weighted by atomic mass is 10.3. The minimum absolute atomic E-state index is 0.658. The van der Waals surface area contributed by atoms with E-state index < -0.39 is 27.5 Å². The molecule has 0 aliphatic heterocycles. The van der Waals surface area contributed by atoms with Crippen LogP contribution in [0.1, 0.15) is 0 Å². The van der Waals surface area contributed by atoms with Crippen molar-refractivity contribution >= 4 is 23.2 Å². The molecule has 0 heterocycles. The average molecular weight is 200 g/mol. The first-order chi connectivity index (χ1) is 5.04. The molecular weight excluding hydrogens is 200 g/mol. The summed E-state index contributed by atoms with van der Waals surface area (Å²) in [5.74, 6) is -4.07. The van der Waals surface area contributed by atoms with Crippen molar-refractivity contribution in [2.45, 2.75) is 0 Å². The number of hydrogen-bond donors (Lipinski definition) is 0. The second-order valence-electron chi connectivity index (χ2n) is 1.69. The van der Waals surface area contributed by atoms with Gasteiger partial charge in [-0.25, -0.2) is 13.2 Å². The fourth-order valence-corrected chi connectivity index (χ4v) is 0.898. The third-order valence-electron chi connectivity index (χ3n) is 0.990. The minimum atomic E-state index is -1.48. The van der Waals surface area contributed by atoms with Gasteiger partial charge in [-0.2, -0.15) is 0 Å². The van der Waals surface area contributed by atoms with E-state index in [1.807, 2.05) is 0 Å². The Hall–Kier alpha value is -0.410. The Bertz CT molecular complexity index is 272. The van der Waals surface area contributed by atoms with Crippen LogP contribution in [0.3, 0.4) is 0 Å². The molecule has 1 radical (unpaired) electrons. The van der Waals surface area contributed by atoms with Crippen LogP contribution >= 0.6 is 23.2 Å². The largest absolute Gasteiger partial charge is 0.204 e. The lowest BCUT2D eigenvalue weighted by Crippen LogP contribution is -1.90. The summed E-state index contributed by atoms with van der Waals surface area (Å²) in [7, 11) is 0. The molecule has 0 aromatic heterocycles. The highest BCUT2D eigenvalue weighted by atomic mass is 35.5. The number of rotatable bonds is 0. The zero-order valence-electron chi connectivity index (χ0n) is 4.89. The van der Waals surface area contributed by atoms with Gasteiger partial charge in [0.2, 0.25) is 0 Å². The lowest BCUT2D eigenvalue weighted by molar-refractivity contribution is 0.494. The van der Waals surface area contributed by atoms with E-state index in [0.717, 1.165) is 0 Å². The smallest absolute Gasteiger partial charge is 0.181 e. The Morgan fingerprint density at radius 2 is 1.55 bits per heavy atom. The molecule has 0 amide bonds. The van der Waals surface area contributed by atoms with Crippen molar-refractivity contribution in [1.29, 1.82) is 0 Å². The molecule has 0 atom stereocenters. The van der Waals surface area contributed by atoms with E-state index in [-0.39, 0.29) is 0 Å². The predicted octanol–water partition coefficient (Wildman–Crippen LogP) is 3.21. The van der Waals surface area contributed by atoms with Gasteiger partial charge in [-0.15, -0.1) is 0 Å². The van der Waals surface area contributed by atoms with Crippen LogP contribution in [0.25, 0.3) is 0 Å². The molecule has 5 heteroatoms. The van der Waals surface area contributed by atoms with Crippen LogP contribution in [0.2, 0.25) is 10.0 Å². The van der Waals surface area contributed by atoms with Gasteiger partial charge in [0, 0.05) is 6.07 Å². The summed E-state index contributed by atoms with van der Waals surface area (Å²) in [4.78, 5) is 0. The van der Waals surface area contributed by atoms with Crippen LogP contribution in [-0.4, -0.2) is 0 Å². The molecule has 0 spiro atoms. The highest BCUT2D eigenvalue weighted by Gasteiger charge is 2.15. The van der Waals surface area contributed by atoms with Gasteiger partial charge in [0.1, 0.15) is 5.02 Å². The maximum Gasteiger partial charge on any atom is 0.181 e. The van der Waals surface area contributed by atoms with Gasteiger partial charge in [0.05, 0.1) is 5.02 Å². The fraction of sp³-hybridized carbons (Fsp3) is 0. The number of halogens is 5. The number of benzene rings is 1. The summed E-state index contributed by atoms with van der Waals surface area (Å²) >= 11 is 10.1. The molecule has 1 rings (SSSR count). The van der Waals surface area contributed by atoms with E-state index in [2.05, 4.69) is 0 Å². The van der Waals surface area contributed by atoms with E-state index >= 15 is 0 Å². The molecule has 0 aliphatic carbocycles. The van der Waals surface area contributed by atoms with Crippen molar-refractivity contribution in [2.24, 2.45) is 0 Å². The highest BCUT2D eigenvalue weighted by molar-refractivity contribution is 6.34. The van der Waals surface area contributed by atoms with Crippen LogP contribution in [0.5, 0.6) is 0 Å². The van der Waals surface area contributed by atoms with Crippen molar-refractivity contribution in [3.8, 4) is 0 Å². The monoisotopic (exact) mass is 199 g/mol. The lowest BCUT2D eigenvalue weighted by Gasteiger charge is -1.98. The predicted molar refractivity (Wildman–Crippen MR) is 35.2 cm³/mol. The summed E-state index contributed by atoms with van der Waals surface area (Å²) in [5.41, 5.74) is 0. The first-order valence-electron chi connectivity index (χ1n) is 2.44. The maximum atomic E-state index is 12.5. The second-order valence-corrected chi connectivity index (χ2v) is 2.45. The standard InChI is InChI=1S/C6Cl2F3/c7-2-1-3(9)6(11)4(8)5(2)10. The van der Waals surface area contributed by atoms with Crippen LogP contribution in [-0.2, 0) is 0 Å². The molecule has 1 aromatic carbocycles. The third-order valence-corrected chi connectivity index (χ3v) is 1.58. The molecule has 0 saturated carbocycles. The minimum Gasteiger partial charge on any atom is -0.204 e. The summed E-state index contributed by atoms with van der Waals surface area (Å²) < 4.78 is 37.1. The molecule has 0 aliphatic rings. The van der Waals surface area contributed by atoms with Gasteiger partial charge in [-0.1, -0.05) is 23.2 Å². The Labute approximate surface area is 70.5 Å². The van der Waals surface area contributed by atoms with Gasteiger partial charge in [-0.05, 0) is 0 Å². The van der Waals surface area contributed by atoms with Crippen molar-refractivity contribution < 1.29 is 13.2 Å². The van der Waals surface area contributed by atoms with Gasteiger partial charge in [0.25, 0.3) is 0 Å². The van der Waals surface area contributed by atoms with E-state index in [4.69, 9.17) is 23.2 Å². The molecule has 59 valence electrons. The third kappa shape index (κ3) is 1.44. The molecule has 0 nitrogen and oxygen atoms in total. The summed E-state index contributed by atoms with van der Waals surface area (Å²) in [5, 5.41) is -1.61. The Morgan fingerprint density at radius 3 is 2.09 bits per heavy atom. The Kier molecular flexibility index (Phi) is 2.30. The molecule has 11 heavy (non-hydrogen) atoms. The molecule has 0 N–H and O–H groups in total. The zero-order chi connectivity index (χ0) is 8.59. The topological polar surface area (TPSA) is 0 Å². The second kappa shape index (κ2) is 2.91. The first-order valence-corrected chi connectivity index (χ1v) is 3.20. The van der Waals surface area contributed by atoms with Crippen molar-refractivity contribution in [3.05, 3.63) is 33.6 Å². The molecule has 0 saturated heterocycles. The Balaban J connectivity index is 3.46. The number of hydrogen-bond acceptors (Lipinski definition) is 0. The molecule has 0 bridgehead atoms. The molecule has 0 fully saturated rings. The molecule has 1 aromatic rings. The van der Waals surface area contributed by atoms with Gasteiger partial charge < -0.3 is 0 Å². The van der Waals surface area contributed by atoms with E-state index in [0.29, 0.717) is 0 Å². The van der Waals surface area contributed by atoms with E-state index in [1.54, 1.807) is 6.07 Å². The summed E-state index contributed by atoms with van der Waals surface area (Å²) in [6.07, 6.45) is 0. The SMILES string of the molecule is Fc1[c]c(Cl)c(F)c(Cl)c1F. The van der Waals surface area contributed by atoms with Crippen molar-refractivity contribution in [3.63, 3.8) is 0 Å². The van der Waals surface area contributed by atoms with E-state index in [9.17, 15) is 13.2 Å². The molecular formula is C6Cl2F3. The van der Waals surface area contributed by atoms with Gasteiger partial charge in [-0.3, -0.25) is 0 Å². The van der Waals surface area contributed by atoms with Crippen LogP contribution in [0.4, 0.5) is 13.2 Å². The Morgan fingerprint density at radius 1 is 1.00 bits per heavy atom. The highest BCUT2D eigenvalue weighted by Crippen LogP contribution is 2.26. The molecule has 0 unspecified atom stereocenters.